The molecule has 3 rings (SSSR count). The average Bonchev–Trinajstić information content (AvgIpc) is 3.42. The van der Waals surface area contributed by atoms with E-state index in [1.54, 1.807) is 0 Å². The van der Waals surface area contributed by atoms with Gasteiger partial charge in [0.1, 0.15) is 0 Å². The summed E-state index contributed by atoms with van der Waals surface area (Å²) in [5, 5.41) is 9.07. The Kier molecular flexibility index (Phi) is 12.5. The van der Waals surface area contributed by atoms with Gasteiger partial charge in [0, 0.05) is 50.7 Å². The van der Waals surface area contributed by atoms with Gasteiger partial charge in [0.25, 0.3) is 0 Å². The van der Waals surface area contributed by atoms with E-state index in [4.69, 9.17) is 9.47 Å². The molecule has 29 heavy (non-hydrogen) atoms. The van der Waals surface area contributed by atoms with Crippen molar-refractivity contribution < 1.29 is 9.47 Å². The molecule has 0 aromatic carbocycles. The van der Waals surface area contributed by atoms with Crippen molar-refractivity contribution in [3.63, 3.8) is 0 Å². The zero-order valence-corrected chi connectivity index (χ0v) is 20.8. The van der Waals surface area contributed by atoms with Crippen LogP contribution in [0.2, 0.25) is 0 Å². The van der Waals surface area contributed by atoms with Gasteiger partial charge in [-0.1, -0.05) is 6.07 Å². The zero-order chi connectivity index (χ0) is 19.4. The maximum Gasteiger partial charge on any atom is 0.190 e. The third kappa shape index (κ3) is 9.50. The summed E-state index contributed by atoms with van der Waals surface area (Å²) in [6, 6.07) is 4.38. The predicted molar refractivity (Wildman–Crippen MR) is 131 cm³/mol. The van der Waals surface area contributed by atoms with E-state index in [0.29, 0.717) is 5.92 Å². The number of nitrogens with one attached hydrogen (secondary N) is 2. The molecule has 2 N–H and O–H groups in total. The van der Waals surface area contributed by atoms with Crippen LogP contribution in [-0.2, 0) is 16.0 Å². The lowest BCUT2D eigenvalue weighted by atomic mass is 9.97. The molecular weight excluding hydrogens is 499 g/mol. The molecule has 2 aliphatic heterocycles. The normalized spacial score (nSPS) is 21.1. The summed E-state index contributed by atoms with van der Waals surface area (Å²) >= 11 is 1.86. The minimum Gasteiger partial charge on any atom is -0.381 e. The number of likely N-dealkylation sites (tertiary alicyclic amines) is 1. The summed E-state index contributed by atoms with van der Waals surface area (Å²) < 4.78 is 11.1. The Morgan fingerprint density at radius 3 is 2.83 bits per heavy atom. The quantitative estimate of drug-likeness (QED) is 0.208. The molecule has 0 radical (unpaired) electrons. The fraction of sp³-hybridized carbons (Fsp3) is 0.762. The highest BCUT2D eigenvalue weighted by Crippen LogP contribution is 2.20. The lowest BCUT2D eigenvalue weighted by Gasteiger charge is -2.32. The fourth-order valence-electron chi connectivity index (χ4n) is 3.78. The molecular formula is C21H37IN4O2S. The van der Waals surface area contributed by atoms with Crippen LogP contribution in [0, 0.1) is 11.8 Å². The van der Waals surface area contributed by atoms with Crippen molar-refractivity contribution in [1.82, 2.24) is 15.5 Å². The van der Waals surface area contributed by atoms with E-state index in [9.17, 15) is 0 Å². The first kappa shape index (κ1) is 24.8. The summed E-state index contributed by atoms with van der Waals surface area (Å²) in [7, 11) is 1.84. The van der Waals surface area contributed by atoms with Gasteiger partial charge in [-0.15, -0.1) is 35.3 Å². The largest absolute Gasteiger partial charge is 0.381 e. The summed E-state index contributed by atoms with van der Waals surface area (Å²) in [6.07, 6.45) is 4.65. The molecule has 1 atom stereocenters. The third-order valence-corrected chi connectivity index (χ3v) is 6.45. The highest BCUT2D eigenvalue weighted by molar-refractivity contribution is 14.0. The van der Waals surface area contributed by atoms with Crippen LogP contribution >= 0.6 is 35.3 Å². The minimum absolute atomic E-state index is 0. The molecule has 166 valence electrons. The highest BCUT2D eigenvalue weighted by atomic mass is 127. The number of hydrogen-bond donors (Lipinski definition) is 2. The second-order valence-corrected chi connectivity index (χ2v) is 8.87. The van der Waals surface area contributed by atoms with E-state index in [0.717, 1.165) is 70.8 Å². The summed E-state index contributed by atoms with van der Waals surface area (Å²) in [4.78, 5) is 8.40. The van der Waals surface area contributed by atoms with E-state index in [1.807, 2.05) is 18.4 Å². The van der Waals surface area contributed by atoms with Crippen LogP contribution in [-0.4, -0.2) is 70.5 Å². The van der Waals surface area contributed by atoms with Crippen LogP contribution in [0.1, 0.15) is 30.6 Å². The average molecular weight is 537 g/mol. The number of hydrogen-bond acceptors (Lipinski definition) is 5. The third-order valence-electron chi connectivity index (χ3n) is 5.58. The van der Waals surface area contributed by atoms with Crippen LogP contribution in [0.3, 0.4) is 0 Å². The van der Waals surface area contributed by atoms with Crippen LogP contribution in [0.15, 0.2) is 22.5 Å². The molecule has 8 heteroatoms. The Morgan fingerprint density at radius 1 is 1.28 bits per heavy atom. The van der Waals surface area contributed by atoms with Gasteiger partial charge in [0.05, 0.1) is 13.2 Å². The number of aliphatic imine (C=N–C) groups is 1. The van der Waals surface area contributed by atoms with Gasteiger partial charge in [0.15, 0.2) is 5.96 Å². The molecule has 1 unspecified atom stereocenters. The van der Waals surface area contributed by atoms with E-state index in [1.165, 1.54) is 30.8 Å². The van der Waals surface area contributed by atoms with Crippen molar-refractivity contribution in [2.24, 2.45) is 16.8 Å². The Morgan fingerprint density at radius 2 is 2.14 bits per heavy atom. The number of thiophene rings is 1. The van der Waals surface area contributed by atoms with Gasteiger partial charge >= 0.3 is 0 Å². The van der Waals surface area contributed by atoms with Crippen LogP contribution in [0.25, 0.3) is 0 Å². The fourth-order valence-corrected chi connectivity index (χ4v) is 4.53. The molecule has 2 saturated heterocycles. The van der Waals surface area contributed by atoms with Crippen molar-refractivity contribution >= 4 is 41.3 Å². The summed E-state index contributed by atoms with van der Waals surface area (Å²) in [5.41, 5.74) is 0. The standard InChI is InChI=1S/C21H36N4O2S.HI/c1-22-21(23-8-3-11-26-16-19-7-12-27-17-19)24-14-18-5-9-25(10-6-18)15-20-4-2-13-28-20;/h2,4,13,18-19H,3,5-12,14-17H2,1H3,(H2,22,23,24);1H. The molecule has 0 amide bonds. The Hall–Kier alpha value is -0.420. The maximum absolute atomic E-state index is 5.75. The molecule has 0 bridgehead atoms. The van der Waals surface area contributed by atoms with Gasteiger partial charge < -0.3 is 20.1 Å². The maximum atomic E-state index is 5.75. The molecule has 3 heterocycles. The first-order chi connectivity index (χ1) is 13.8. The van der Waals surface area contributed by atoms with Gasteiger partial charge in [-0.3, -0.25) is 9.89 Å². The Labute approximate surface area is 196 Å². The monoisotopic (exact) mass is 536 g/mol. The molecule has 6 nitrogen and oxygen atoms in total. The van der Waals surface area contributed by atoms with Gasteiger partial charge in [-0.25, -0.2) is 0 Å². The smallest absolute Gasteiger partial charge is 0.190 e. The van der Waals surface area contributed by atoms with E-state index in [2.05, 4.69) is 38.0 Å². The van der Waals surface area contributed by atoms with Crippen LogP contribution < -0.4 is 10.6 Å². The number of nitrogens with zero attached hydrogens (tertiary/aromatic N) is 2. The number of ether oxygens (including phenoxy) is 2. The molecule has 0 spiro atoms. The van der Waals surface area contributed by atoms with Crippen molar-refractivity contribution in [3.8, 4) is 0 Å². The van der Waals surface area contributed by atoms with Crippen molar-refractivity contribution in [2.75, 3.05) is 59.7 Å². The van der Waals surface area contributed by atoms with Crippen molar-refractivity contribution in [1.29, 1.82) is 0 Å². The molecule has 0 saturated carbocycles. The highest BCUT2D eigenvalue weighted by Gasteiger charge is 2.19. The van der Waals surface area contributed by atoms with Gasteiger partial charge in [-0.2, -0.15) is 0 Å². The summed E-state index contributed by atoms with van der Waals surface area (Å²) in [6.45, 7) is 8.77. The second-order valence-electron chi connectivity index (χ2n) is 7.84. The van der Waals surface area contributed by atoms with E-state index < -0.39 is 0 Å². The van der Waals surface area contributed by atoms with Gasteiger partial charge in [-0.05, 0) is 56.1 Å². The zero-order valence-electron chi connectivity index (χ0n) is 17.6. The Bertz CT molecular complexity index is 559. The summed E-state index contributed by atoms with van der Waals surface area (Å²) in [5.74, 6) is 2.24. The molecule has 1 aromatic heterocycles. The second kappa shape index (κ2) is 14.6. The molecule has 1 aromatic rings. The molecule has 2 fully saturated rings. The number of halogens is 1. The topological polar surface area (TPSA) is 58.1 Å². The van der Waals surface area contributed by atoms with Crippen LogP contribution in [0.5, 0.6) is 0 Å². The number of piperidine rings is 1. The van der Waals surface area contributed by atoms with Gasteiger partial charge in [0.2, 0.25) is 0 Å². The van der Waals surface area contributed by atoms with Crippen LogP contribution in [0.4, 0.5) is 0 Å². The van der Waals surface area contributed by atoms with E-state index in [-0.39, 0.29) is 24.0 Å². The Balaban J connectivity index is 0.00000300. The minimum atomic E-state index is 0. The first-order valence-electron chi connectivity index (χ1n) is 10.7. The number of guanidine groups is 1. The molecule has 0 aliphatic carbocycles. The van der Waals surface area contributed by atoms with E-state index >= 15 is 0 Å². The lowest BCUT2D eigenvalue weighted by Crippen LogP contribution is -2.43. The van der Waals surface area contributed by atoms with Crippen molar-refractivity contribution in [3.05, 3.63) is 22.4 Å². The number of rotatable bonds is 10. The predicted octanol–water partition coefficient (Wildman–Crippen LogP) is 3.19. The molecule has 2 aliphatic rings. The SMILES string of the molecule is CN=C(NCCCOCC1CCOC1)NCC1CCN(Cc2cccs2)CC1.I. The first-order valence-corrected chi connectivity index (χ1v) is 11.6. The van der Waals surface area contributed by atoms with Crippen molar-refractivity contribution in [2.45, 2.75) is 32.2 Å². The lowest BCUT2D eigenvalue weighted by molar-refractivity contribution is 0.0888.